The zero-order valence-electron chi connectivity index (χ0n) is 11.5. The van der Waals surface area contributed by atoms with Gasteiger partial charge in [-0.25, -0.2) is 0 Å². The van der Waals surface area contributed by atoms with E-state index in [-0.39, 0.29) is 6.61 Å². The number of alkyl halides is 3. The first-order chi connectivity index (χ1) is 8.96. The molecule has 0 aromatic rings. The van der Waals surface area contributed by atoms with Crippen molar-refractivity contribution in [1.82, 2.24) is 5.32 Å². The highest BCUT2D eigenvalue weighted by Crippen LogP contribution is 2.49. The van der Waals surface area contributed by atoms with Gasteiger partial charge in [0.25, 0.3) is 0 Å². The molecule has 2 saturated carbocycles. The molecule has 112 valence electrons. The Morgan fingerprint density at radius 3 is 2.63 bits per heavy atom. The molecule has 2 fully saturated rings. The van der Waals surface area contributed by atoms with Gasteiger partial charge in [0.15, 0.2) is 0 Å². The zero-order chi connectivity index (χ0) is 13.9. The van der Waals surface area contributed by atoms with E-state index < -0.39 is 12.8 Å². The number of halogens is 3. The van der Waals surface area contributed by atoms with Gasteiger partial charge >= 0.3 is 6.18 Å². The van der Waals surface area contributed by atoms with Crippen molar-refractivity contribution in [2.45, 2.75) is 51.2 Å². The van der Waals surface area contributed by atoms with E-state index in [1.165, 1.54) is 25.7 Å². The lowest BCUT2D eigenvalue weighted by Crippen LogP contribution is -2.37. The minimum absolute atomic E-state index is 0.177. The lowest BCUT2D eigenvalue weighted by atomic mass is 9.84. The van der Waals surface area contributed by atoms with Crippen LogP contribution in [0.5, 0.6) is 0 Å². The molecule has 1 N–H and O–H groups in total. The molecule has 0 heterocycles. The van der Waals surface area contributed by atoms with E-state index in [1.807, 2.05) is 0 Å². The van der Waals surface area contributed by atoms with Gasteiger partial charge < -0.3 is 10.1 Å². The Bertz CT molecular complexity index is 282. The first-order valence-electron chi connectivity index (χ1n) is 7.33. The van der Waals surface area contributed by atoms with Gasteiger partial charge in [-0.2, -0.15) is 13.2 Å². The van der Waals surface area contributed by atoms with Crippen LogP contribution in [0.4, 0.5) is 13.2 Å². The Labute approximate surface area is 113 Å². The molecule has 0 aromatic heterocycles. The van der Waals surface area contributed by atoms with Crippen molar-refractivity contribution in [3.63, 3.8) is 0 Å². The van der Waals surface area contributed by atoms with Crippen molar-refractivity contribution in [3.05, 3.63) is 0 Å². The maximum atomic E-state index is 11.8. The lowest BCUT2D eigenvalue weighted by Gasteiger charge is -2.28. The van der Waals surface area contributed by atoms with Crippen LogP contribution in [0.25, 0.3) is 0 Å². The van der Waals surface area contributed by atoms with Crippen molar-refractivity contribution in [2.75, 3.05) is 19.8 Å². The number of nitrogens with one attached hydrogen (secondary N) is 1. The van der Waals surface area contributed by atoms with Gasteiger partial charge in [-0.05, 0) is 56.9 Å². The van der Waals surface area contributed by atoms with Crippen molar-refractivity contribution >= 4 is 0 Å². The smallest absolute Gasteiger partial charge is 0.372 e. The van der Waals surface area contributed by atoms with Crippen LogP contribution < -0.4 is 5.32 Å². The highest BCUT2D eigenvalue weighted by Gasteiger charge is 2.41. The van der Waals surface area contributed by atoms with Gasteiger partial charge in [0, 0.05) is 12.6 Å². The second-order valence-electron chi connectivity index (χ2n) is 6.10. The Morgan fingerprint density at radius 2 is 2.05 bits per heavy atom. The van der Waals surface area contributed by atoms with Crippen LogP contribution in [-0.4, -0.2) is 32.0 Å². The second-order valence-corrected chi connectivity index (χ2v) is 6.10. The molecule has 0 aliphatic heterocycles. The predicted octanol–water partition coefficient (Wildman–Crippen LogP) is 3.37. The highest BCUT2D eigenvalue weighted by atomic mass is 19.4. The first-order valence-corrected chi connectivity index (χ1v) is 7.33. The molecule has 0 aromatic carbocycles. The molecule has 0 radical (unpaired) electrons. The Balaban J connectivity index is 1.51. The number of ether oxygens (including phenoxy) is 1. The third kappa shape index (κ3) is 4.63. The van der Waals surface area contributed by atoms with Crippen LogP contribution in [0.2, 0.25) is 0 Å². The lowest BCUT2D eigenvalue weighted by molar-refractivity contribution is -0.173. The van der Waals surface area contributed by atoms with E-state index >= 15 is 0 Å². The van der Waals surface area contributed by atoms with E-state index in [0.717, 1.165) is 24.3 Å². The maximum absolute atomic E-state index is 11.8. The summed E-state index contributed by atoms with van der Waals surface area (Å²) in [6.45, 7) is 2.00. The summed E-state index contributed by atoms with van der Waals surface area (Å²) in [5, 5.41) is 3.45. The molecule has 0 saturated heterocycles. The van der Waals surface area contributed by atoms with Crippen LogP contribution in [-0.2, 0) is 4.74 Å². The summed E-state index contributed by atoms with van der Waals surface area (Å²) in [4.78, 5) is 0. The Morgan fingerprint density at radius 1 is 1.26 bits per heavy atom. The van der Waals surface area contributed by atoms with E-state index in [0.29, 0.717) is 12.5 Å². The number of rotatable bonds is 7. The maximum Gasteiger partial charge on any atom is 0.411 e. The van der Waals surface area contributed by atoms with Crippen molar-refractivity contribution in [1.29, 1.82) is 0 Å². The average molecular weight is 279 g/mol. The molecule has 4 atom stereocenters. The fourth-order valence-electron chi connectivity index (χ4n) is 3.75. The minimum Gasteiger partial charge on any atom is -0.372 e. The first kappa shape index (κ1) is 15.1. The van der Waals surface area contributed by atoms with E-state index in [4.69, 9.17) is 0 Å². The van der Waals surface area contributed by atoms with Crippen LogP contribution in [0, 0.1) is 17.8 Å². The summed E-state index contributed by atoms with van der Waals surface area (Å²) in [7, 11) is 0. The molecular weight excluding hydrogens is 255 g/mol. The summed E-state index contributed by atoms with van der Waals surface area (Å²) in [6.07, 6.45) is 1.94. The van der Waals surface area contributed by atoms with Crippen molar-refractivity contribution < 1.29 is 17.9 Å². The second kappa shape index (κ2) is 6.44. The fraction of sp³-hybridized carbons (Fsp3) is 1.00. The third-order valence-corrected chi connectivity index (χ3v) is 4.63. The Kier molecular flexibility index (Phi) is 5.12. The molecule has 2 bridgehead atoms. The molecule has 5 heteroatoms. The van der Waals surface area contributed by atoms with Crippen LogP contribution >= 0.6 is 0 Å². The number of fused-ring (bicyclic) bond motifs is 2. The summed E-state index contributed by atoms with van der Waals surface area (Å²) >= 11 is 0. The molecule has 0 amide bonds. The zero-order valence-corrected chi connectivity index (χ0v) is 11.5. The Hall–Kier alpha value is -0.290. The molecular formula is C14H24F3NO. The van der Waals surface area contributed by atoms with Crippen LogP contribution in [0.1, 0.15) is 39.0 Å². The highest BCUT2D eigenvalue weighted by molar-refractivity contribution is 4.93. The molecule has 2 nitrogen and oxygen atoms in total. The van der Waals surface area contributed by atoms with Gasteiger partial charge in [0.2, 0.25) is 0 Å². The molecule has 2 rings (SSSR count). The topological polar surface area (TPSA) is 21.3 Å². The predicted molar refractivity (Wildman–Crippen MR) is 67.9 cm³/mol. The molecule has 4 unspecified atom stereocenters. The van der Waals surface area contributed by atoms with Crippen LogP contribution in [0.15, 0.2) is 0 Å². The van der Waals surface area contributed by atoms with Crippen molar-refractivity contribution in [3.8, 4) is 0 Å². The standard InChI is InChI=1S/C14H24F3NO/c1-10(13-8-11-3-4-12(13)7-11)18-5-2-6-19-9-14(15,16)17/h10-13,18H,2-9H2,1H3. The molecule has 2 aliphatic carbocycles. The van der Waals surface area contributed by atoms with Crippen molar-refractivity contribution in [2.24, 2.45) is 17.8 Å². The number of hydrogen-bond acceptors (Lipinski definition) is 2. The van der Waals surface area contributed by atoms with E-state index in [9.17, 15) is 13.2 Å². The van der Waals surface area contributed by atoms with E-state index in [1.54, 1.807) is 0 Å². The van der Waals surface area contributed by atoms with Gasteiger partial charge in [0.05, 0.1) is 0 Å². The normalized spacial score (nSPS) is 31.9. The molecule has 2 aliphatic rings. The molecule has 19 heavy (non-hydrogen) atoms. The van der Waals surface area contributed by atoms with Gasteiger partial charge in [0.1, 0.15) is 6.61 Å². The minimum atomic E-state index is -4.20. The summed E-state index contributed by atoms with van der Waals surface area (Å²) in [5.41, 5.74) is 0. The average Bonchev–Trinajstić information content (AvgIpc) is 2.93. The summed E-state index contributed by atoms with van der Waals surface area (Å²) in [5.74, 6) is 2.60. The summed E-state index contributed by atoms with van der Waals surface area (Å²) in [6, 6.07) is 0.484. The third-order valence-electron chi connectivity index (χ3n) is 4.63. The van der Waals surface area contributed by atoms with Gasteiger partial charge in [-0.15, -0.1) is 0 Å². The monoisotopic (exact) mass is 279 g/mol. The largest absolute Gasteiger partial charge is 0.411 e. The number of hydrogen-bond donors (Lipinski definition) is 1. The quantitative estimate of drug-likeness (QED) is 0.721. The molecule has 0 spiro atoms. The van der Waals surface area contributed by atoms with Gasteiger partial charge in [-0.3, -0.25) is 0 Å². The van der Waals surface area contributed by atoms with Gasteiger partial charge in [-0.1, -0.05) is 6.42 Å². The SMILES string of the molecule is CC(NCCCOCC(F)(F)F)C1CC2CCC1C2. The summed E-state index contributed by atoms with van der Waals surface area (Å²) < 4.78 is 40.1. The van der Waals surface area contributed by atoms with E-state index in [2.05, 4.69) is 17.0 Å². The van der Waals surface area contributed by atoms with Crippen LogP contribution in [0.3, 0.4) is 0 Å². The fourth-order valence-corrected chi connectivity index (χ4v) is 3.75.